The first-order valence-corrected chi connectivity index (χ1v) is 11.0. The summed E-state index contributed by atoms with van der Waals surface area (Å²) in [6, 6.07) is 5.35. The quantitative estimate of drug-likeness (QED) is 0.564. The molecule has 1 aromatic carbocycles. The lowest BCUT2D eigenvalue weighted by Crippen LogP contribution is -2.35. The van der Waals surface area contributed by atoms with Gasteiger partial charge in [0.2, 0.25) is 17.7 Å². The summed E-state index contributed by atoms with van der Waals surface area (Å²) >= 11 is 1.32. The van der Waals surface area contributed by atoms with E-state index in [2.05, 4.69) is 15.3 Å². The number of ether oxygens (including phenoxy) is 3. The summed E-state index contributed by atoms with van der Waals surface area (Å²) < 4.78 is 44.7. The van der Waals surface area contributed by atoms with Crippen LogP contribution in [0.5, 0.6) is 11.8 Å². The Labute approximate surface area is 178 Å². The molecule has 2 N–H and O–H groups in total. The maximum Gasteiger partial charge on any atom is 0.335 e. The molecular formula is C17H21N5O6S2. The van der Waals surface area contributed by atoms with E-state index in [0.29, 0.717) is 24.6 Å². The Morgan fingerprint density at radius 1 is 1.20 bits per heavy atom. The van der Waals surface area contributed by atoms with Crippen LogP contribution in [0.15, 0.2) is 34.1 Å². The standard InChI is InChI=1S/C17H21N5O6S2/c1-26-8-7-22-10-11-5-4-6-12(15(11)29-22)30(24,25)21-17(23)20-16-18-13(27-2)9-14(19-16)28-3/h4-6,9H,7-8,10H2,1-3H3,(H2,18,19,20,21,23). The number of fused-ring (bicyclic) bond motifs is 1. The van der Waals surface area contributed by atoms with Crippen LogP contribution in [0.1, 0.15) is 5.56 Å². The van der Waals surface area contributed by atoms with Crippen LogP contribution in [0.4, 0.5) is 10.7 Å². The van der Waals surface area contributed by atoms with Gasteiger partial charge >= 0.3 is 6.03 Å². The summed E-state index contributed by atoms with van der Waals surface area (Å²) in [7, 11) is 0.243. The van der Waals surface area contributed by atoms with Crippen molar-refractivity contribution in [2.24, 2.45) is 0 Å². The molecule has 0 aliphatic carbocycles. The van der Waals surface area contributed by atoms with Crippen LogP contribution >= 0.6 is 11.9 Å². The number of benzene rings is 1. The average molecular weight is 456 g/mol. The normalized spacial score (nSPS) is 13.6. The summed E-state index contributed by atoms with van der Waals surface area (Å²) in [6.45, 7) is 1.74. The number of nitrogens with one attached hydrogen (secondary N) is 2. The summed E-state index contributed by atoms with van der Waals surface area (Å²) in [5, 5.41) is 2.28. The Morgan fingerprint density at radius 2 is 1.90 bits per heavy atom. The molecule has 0 bridgehead atoms. The molecule has 162 valence electrons. The van der Waals surface area contributed by atoms with E-state index in [1.165, 1.54) is 38.3 Å². The highest BCUT2D eigenvalue weighted by Gasteiger charge is 2.29. The van der Waals surface area contributed by atoms with Crippen LogP contribution < -0.4 is 19.5 Å². The lowest BCUT2D eigenvalue weighted by atomic mass is 10.2. The van der Waals surface area contributed by atoms with Crippen molar-refractivity contribution >= 4 is 34.0 Å². The molecule has 13 heteroatoms. The zero-order chi connectivity index (χ0) is 21.7. The minimum atomic E-state index is -4.14. The van der Waals surface area contributed by atoms with E-state index in [0.717, 1.165) is 5.56 Å². The molecular weight excluding hydrogens is 434 g/mol. The molecule has 0 fully saturated rings. The Kier molecular flexibility index (Phi) is 6.97. The van der Waals surface area contributed by atoms with Crippen LogP contribution in [-0.2, 0) is 21.3 Å². The fourth-order valence-corrected chi connectivity index (χ4v) is 5.16. The van der Waals surface area contributed by atoms with Crippen molar-refractivity contribution in [3.63, 3.8) is 0 Å². The van der Waals surface area contributed by atoms with Gasteiger partial charge in [0.1, 0.15) is 4.90 Å². The number of nitrogens with zero attached hydrogens (tertiary/aromatic N) is 3. The Balaban J connectivity index is 1.75. The van der Waals surface area contributed by atoms with E-state index in [9.17, 15) is 13.2 Å². The molecule has 2 aromatic rings. The third kappa shape index (κ3) is 5.11. The second-order valence-electron chi connectivity index (χ2n) is 6.03. The lowest BCUT2D eigenvalue weighted by molar-refractivity contribution is 0.182. The number of carbonyl (C=O) groups excluding carboxylic acids is 1. The van der Waals surface area contributed by atoms with Gasteiger partial charge in [-0.3, -0.25) is 5.32 Å². The summed E-state index contributed by atoms with van der Waals surface area (Å²) in [5.41, 5.74) is 0.861. The predicted octanol–water partition coefficient (Wildman–Crippen LogP) is 1.47. The van der Waals surface area contributed by atoms with Crippen LogP contribution in [0.3, 0.4) is 0 Å². The molecule has 0 atom stereocenters. The number of hydrogen-bond acceptors (Lipinski definition) is 10. The zero-order valence-electron chi connectivity index (χ0n) is 16.5. The molecule has 0 spiro atoms. The summed E-state index contributed by atoms with van der Waals surface area (Å²) in [6.07, 6.45) is 0. The largest absolute Gasteiger partial charge is 0.481 e. The maximum atomic E-state index is 12.8. The topological polar surface area (TPSA) is 132 Å². The number of amides is 2. The van der Waals surface area contributed by atoms with Gasteiger partial charge in [0.05, 0.1) is 26.9 Å². The van der Waals surface area contributed by atoms with Crippen molar-refractivity contribution < 1.29 is 27.4 Å². The van der Waals surface area contributed by atoms with Gasteiger partial charge in [-0.25, -0.2) is 22.2 Å². The fourth-order valence-electron chi connectivity index (χ4n) is 2.64. The number of sulfonamides is 1. The molecule has 1 aliphatic rings. The van der Waals surface area contributed by atoms with Gasteiger partial charge in [0.15, 0.2) is 0 Å². The van der Waals surface area contributed by atoms with Crippen molar-refractivity contribution in [3.8, 4) is 11.8 Å². The van der Waals surface area contributed by atoms with E-state index in [4.69, 9.17) is 14.2 Å². The average Bonchev–Trinajstić information content (AvgIpc) is 3.14. The maximum absolute atomic E-state index is 12.8. The van der Waals surface area contributed by atoms with Crippen molar-refractivity contribution in [2.75, 3.05) is 39.8 Å². The molecule has 0 saturated heterocycles. The van der Waals surface area contributed by atoms with Crippen molar-refractivity contribution in [2.45, 2.75) is 16.3 Å². The number of anilines is 1. The Bertz CT molecular complexity index is 1010. The number of carbonyl (C=O) groups is 1. The summed E-state index contributed by atoms with van der Waals surface area (Å²) in [4.78, 5) is 20.8. The molecule has 11 nitrogen and oxygen atoms in total. The Hall–Kier alpha value is -2.61. The van der Waals surface area contributed by atoms with Gasteiger partial charge < -0.3 is 14.2 Å². The number of methoxy groups -OCH3 is 3. The number of urea groups is 1. The van der Waals surface area contributed by atoms with E-state index < -0.39 is 16.1 Å². The predicted molar refractivity (Wildman–Crippen MR) is 109 cm³/mol. The van der Waals surface area contributed by atoms with Crippen LogP contribution in [-0.4, -0.2) is 63.2 Å². The van der Waals surface area contributed by atoms with Gasteiger partial charge in [-0.1, -0.05) is 12.1 Å². The van der Waals surface area contributed by atoms with Crippen LogP contribution in [0.25, 0.3) is 0 Å². The molecule has 2 heterocycles. The zero-order valence-corrected chi connectivity index (χ0v) is 18.2. The van der Waals surface area contributed by atoms with E-state index in [1.807, 2.05) is 15.1 Å². The van der Waals surface area contributed by atoms with E-state index >= 15 is 0 Å². The minimum absolute atomic E-state index is 0.0178. The van der Waals surface area contributed by atoms with Crippen LogP contribution in [0, 0.1) is 0 Å². The van der Waals surface area contributed by atoms with Gasteiger partial charge in [-0.2, -0.15) is 9.97 Å². The first kappa shape index (κ1) is 22.1. The molecule has 1 aliphatic heterocycles. The molecule has 30 heavy (non-hydrogen) atoms. The molecule has 0 saturated carbocycles. The molecule has 3 rings (SSSR count). The fraction of sp³-hybridized carbons (Fsp3) is 0.353. The highest BCUT2D eigenvalue weighted by Crippen LogP contribution is 2.39. The van der Waals surface area contributed by atoms with Crippen molar-refractivity contribution in [1.82, 2.24) is 19.0 Å². The van der Waals surface area contributed by atoms with Crippen LogP contribution in [0.2, 0.25) is 0 Å². The van der Waals surface area contributed by atoms with Gasteiger partial charge in [0, 0.05) is 25.1 Å². The first-order valence-electron chi connectivity index (χ1n) is 8.71. The third-order valence-corrected chi connectivity index (χ3v) is 6.75. The second kappa shape index (κ2) is 9.47. The molecule has 1 aromatic heterocycles. The first-order chi connectivity index (χ1) is 14.4. The molecule has 0 radical (unpaired) electrons. The highest BCUT2D eigenvalue weighted by atomic mass is 32.2. The summed E-state index contributed by atoms with van der Waals surface area (Å²) in [5.74, 6) is 0.124. The SMILES string of the molecule is COCCN1Cc2cccc(S(=O)(=O)NC(=O)Nc3nc(OC)cc(OC)n3)c2S1. The smallest absolute Gasteiger partial charge is 0.335 e. The van der Waals surface area contributed by atoms with Gasteiger partial charge in [-0.15, -0.1) is 0 Å². The number of aromatic nitrogens is 2. The second-order valence-corrected chi connectivity index (χ2v) is 8.79. The number of hydrogen-bond donors (Lipinski definition) is 2. The highest BCUT2D eigenvalue weighted by molar-refractivity contribution is 7.98. The third-order valence-electron chi connectivity index (χ3n) is 4.01. The monoisotopic (exact) mass is 455 g/mol. The molecule has 2 amide bonds. The van der Waals surface area contributed by atoms with Crippen molar-refractivity contribution in [3.05, 3.63) is 29.8 Å². The van der Waals surface area contributed by atoms with E-state index in [1.54, 1.807) is 13.2 Å². The molecule has 0 unspecified atom stereocenters. The van der Waals surface area contributed by atoms with Gasteiger partial charge in [-0.05, 0) is 23.6 Å². The van der Waals surface area contributed by atoms with Gasteiger partial charge in [0.25, 0.3) is 10.0 Å². The van der Waals surface area contributed by atoms with E-state index in [-0.39, 0.29) is 22.6 Å². The minimum Gasteiger partial charge on any atom is -0.481 e. The Morgan fingerprint density at radius 3 is 2.53 bits per heavy atom. The van der Waals surface area contributed by atoms with Crippen molar-refractivity contribution in [1.29, 1.82) is 0 Å². The number of rotatable bonds is 8. The lowest BCUT2D eigenvalue weighted by Gasteiger charge is -2.13.